The predicted molar refractivity (Wildman–Crippen MR) is 145 cm³/mol. The van der Waals surface area contributed by atoms with Crippen LogP contribution in [0.2, 0.25) is 0 Å². The van der Waals surface area contributed by atoms with E-state index in [-0.39, 0.29) is 5.54 Å². The average molecular weight is 491 g/mol. The van der Waals surface area contributed by atoms with Gasteiger partial charge in [0.2, 0.25) is 10.1 Å². The molecule has 1 N–H and O–H groups in total. The highest BCUT2D eigenvalue weighted by atomic mass is 32.1. The summed E-state index contributed by atoms with van der Waals surface area (Å²) >= 11 is 1.67. The molecule has 5 rings (SSSR count). The maximum atomic E-state index is 5.87. The molecular weight excluding hydrogens is 456 g/mol. The minimum absolute atomic E-state index is 0.107. The average Bonchev–Trinajstić information content (AvgIpc) is 3.39. The van der Waals surface area contributed by atoms with E-state index in [9.17, 15) is 0 Å². The summed E-state index contributed by atoms with van der Waals surface area (Å²) in [6.07, 6.45) is 0. The summed E-state index contributed by atoms with van der Waals surface area (Å²) < 4.78 is 7.87. The molecule has 1 aliphatic heterocycles. The molecule has 0 aliphatic carbocycles. The van der Waals surface area contributed by atoms with Crippen LogP contribution in [0.1, 0.15) is 26.3 Å². The predicted octanol–water partition coefficient (Wildman–Crippen LogP) is 5.18. The van der Waals surface area contributed by atoms with Crippen LogP contribution in [0.15, 0.2) is 54.6 Å². The topological polar surface area (TPSA) is 57.9 Å². The van der Waals surface area contributed by atoms with Crippen LogP contribution in [-0.2, 0) is 0 Å². The van der Waals surface area contributed by atoms with Gasteiger partial charge in [-0.05, 0) is 45.4 Å². The van der Waals surface area contributed by atoms with Crippen molar-refractivity contribution in [3.8, 4) is 17.0 Å². The lowest BCUT2D eigenvalue weighted by molar-refractivity contribution is 0.200. The second-order valence-electron chi connectivity index (χ2n) is 10.1. The second kappa shape index (κ2) is 9.87. The molecule has 0 unspecified atom stereocenters. The van der Waals surface area contributed by atoms with Crippen molar-refractivity contribution < 1.29 is 4.74 Å². The van der Waals surface area contributed by atoms with Gasteiger partial charge in [-0.25, -0.2) is 4.98 Å². The molecular formula is C27H34N6OS. The van der Waals surface area contributed by atoms with E-state index in [2.05, 4.69) is 67.1 Å². The van der Waals surface area contributed by atoms with Gasteiger partial charge in [0.15, 0.2) is 5.82 Å². The maximum Gasteiger partial charge on any atom is 0.216 e. The molecule has 1 saturated heterocycles. The van der Waals surface area contributed by atoms with Gasteiger partial charge in [-0.3, -0.25) is 4.90 Å². The number of benzene rings is 2. The first-order valence-electron chi connectivity index (χ1n) is 12.3. The molecule has 0 saturated carbocycles. The Hall–Kier alpha value is -3.10. The third-order valence-electron chi connectivity index (χ3n) is 6.15. The Labute approximate surface area is 211 Å². The first-order valence-corrected chi connectivity index (χ1v) is 13.1. The fourth-order valence-electron chi connectivity index (χ4n) is 4.33. The van der Waals surface area contributed by atoms with Gasteiger partial charge in [0.25, 0.3) is 0 Å². The number of anilines is 2. The Balaban J connectivity index is 1.29. The molecule has 0 bridgehead atoms. The van der Waals surface area contributed by atoms with Crippen LogP contribution in [0.5, 0.6) is 5.75 Å². The van der Waals surface area contributed by atoms with Crippen LogP contribution in [0.3, 0.4) is 0 Å². The summed E-state index contributed by atoms with van der Waals surface area (Å²) in [5, 5.41) is 9.71. The van der Waals surface area contributed by atoms with Gasteiger partial charge in [0, 0.05) is 43.8 Å². The smallest absolute Gasteiger partial charge is 0.216 e. The summed E-state index contributed by atoms with van der Waals surface area (Å²) in [6, 6.07) is 18.4. The van der Waals surface area contributed by atoms with Crippen molar-refractivity contribution in [2.75, 3.05) is 49.5 Å². The molecule has 3 heterocycles. The minimum atomic E-state index is -0.107. The molecule has 35 heavy (non-hydrogen) atoms. The lowest BCUT2D eigenvalue weighted by Crippen LogP contribution is -2.47. The zero-order valence-electron chi connectivity index (χ0n) is 21.0. The number of nitrogens with zero attached hydrogens (tertiary/aromatic N) is 5. The van der Waals surface area contributed by atoms with Crippen molar-refractivity contribution in [1.82, 2.24) is 19.5 Å². The molecule has 2 aromatic heterocycles. The highest BCUT2D eigenvalue weighted by molar-refractivity contribution is 7.20. The Kier molecular flexibility index (Phi) is 6.67. The van der Waals surface area contributed by atoms with Crippen LogP contribution in [0.4, 0.5) is 10.9 Å². The second-order valence-corrected chi connectivity index (χ2v) is 11.0. The van der Waals surface area contributed by atoms with Crippen LogP contribution < -0.4 is 15.0 Å². The van der Waals surface area contributed by atoms with Crippen molar-refractivity contribution >= 4 is 27.2 Å². The number of para-hydroxylation sites is 1. The van der Waals surface area contributed by atoms with Gasteiger partial charge in [-0.1, -0.05) is 53.8 Å². The first kappa shape index (κ1) is 23.6. The van der Waals surface area contributed by atoms with E-state index in [1.807, 2.05) is 34.8 Å². The van der Waals surface area contributed by atoms with E-state index in [0.717, 1.165) is 65.6 Å². The van der Waals surface area contributed by atoms with Crippen molar-refractivity contribution in [2.45, 2.75) is 33.2 Å². The van der Waals surface area contributed by atoms with Crippen LogP contribution in [0, 0.1) is 6.92 Å². The number of hydrogen-bond acceptors (Lipinski definition) is 7. The Bertz CT molecular complexity index is 1270. The van der Waals surface area contributed by atoms with E-state index in [0.29, 0.717) is 6.61 Å². The number of hydrogen-bond donors (Lipinski definition) is 1. The number of rotatable bonds is 7. The van der Waals surface area contributed by atoms with Gasteiger partial charge in [0.1, 0.15) is 18.1 Å². The van der Waals surface area contributed by atoms with Crippen LogP contribution >= 0.6 is 11.3 Å². The highest BCUT2D eigenvalue weighted by Gasteiger charge is 2.25. The molecule has 4 aromatic rings. The summed E-state index contributed by atoms with van der Waals surface area (Å²) in [7, 11) is 0. The van der Waals surface area contributed by atoms with Gasteiger partial charge >= 0.3 is 0 Å². The Morgan fingerprint density at radius 3 is 2.40 bits per heavy atom. The molecule has 1 fully saturated rings. The Morgan fingerprint density at radius 2 is 1.69 bits per heavy atom. The third kappa shape index (κ3) is 5.44. The monoisotopic (exact) mass is 490 g/mol. The lowest BCUT2D eigenvalue weighted by atomic mass is 10.0. The highest BCUT2D eigenvalue weighted by Crippen LogP contribution is 2.36. The molecule has 1 aliphatic rings. The zero-order valence-corrected chi connectivity index (χ0v) is 21.8. The normalized spacial score (nSPS) is 15.0. The van der Waals surface area contributed by atoms with Crippen molar-refractivity contribution in [3.05, 3.63) is 60.2 Å². The lowest BCUT2D eigenvalue weighted by Gasteiger charge is -2.34. The van der Waals surface area contributed by atoms with Gasteiger partial charge < -0.3 is 15.0 Å². The summed E-state index contributed by atoms with van der Waals surface area (Å²) in [4.78, 5) is 10.8. The number of imidazole rings is 1. The number of fused-ring (bicyclic) bond motifs is 1. The minimum Gasteiger partial charge on any atom is -0.492 e. The van der Waals surface area contributed by atoms with Crippen molar-refractivity contribution in [1.29, 1.82) is 0 Å². The molecule has 8 heteroatoms. The fourth-order valence-corrected chi connectivity index (χ4v) is 5.28. The third-order valence-corrected chi connectivity index (χ3v) is 7.12. The quantitative estimate of drug-likeness (QED) is 0.385. The molecule has 0 amide bonds. The van der Waals surface area contributed by atoms with E-state index in [4.69, 9.17) is 14.8 Å². The standard InChI is InChI=1S/C27H34N6OS/c1-20-10-8-9-13-22(20)23-24(29-27(2,3)4)33-25(28-23)35-26(30-33)32-16-14-31(15-17-32)18-19-34-21-11-6-5-7-12-21/h5-13,29H,14-19H2,1-4H3. The van der Waals surface area contributed by atoms with E-state index in [1.54, 1.807) is 11.3 Å². The van der Waals surface area contributed by atoms with Crippen molar-refractivity contribution in [3.63, 3.8) is 0 Å². The van der Waals surface area contributed by atoms with Crippen LogP contribution in [-0.4, -0.2) is 64.4 Å². The van der Waals surface area contributed by atoms with E-state index in [1.165, 1.54) is 5.56 Å². The summed E-state index contributed by atoms with van der Waals surface area (Å²) in [6.45, 7) is 14.2. The van der Waals surface area contributed by atoms with Gasteiger partial charge in [0.05, 0.1) is 0 Å². The molecule has 184 valence electrons. The number of piperazine rings is 1. The number of ether oxygens (including phenoxy) is 1. The van der Waals surface area contributed by atoms with E-state index < -0.39 is 0 Å². The summed E-state index contributed by atoms with van der Waals surface area (Å²) in [5.41, 5.74) is 3.21. The number of aromatic nitrogens is 3. The molecule has 0 atom stereocenters. The molecule has 7 nitrogen and oxygen atoms in total. The van der Waals surface area contributed by atoms with Crippen molar-refractivity contribution in [2.24, 2.45) is 0 Å². The van der Waals surface area contributed by atoms with E-state index >= 15 is 0 Å². The zero-order chi connectivity index (χ0) is 24.4. The summed E-state index contributed by atoms with van der Waals surface area (Å²) in [5.74, 6) is 1.89. The molecule has 0 spiro atoms. The SMILES string of the molecule is Cc1ccccc1-c1nc2sc(N3CCN(CCOc4ccccc4)CC3)nn2c1NC(C)(C)C. The first-order chi connectivity index (χ1) is 16.9. The van der Waals surface area contributed by atoms with Crippen LogP contribution in [0.25, 0.3) is 16.2 Å². The number of nitrogens with one attached hydrogen (secondary N) is 1. The molecule has 2 aromatic carbocycles. The Morgan fingerprint density at radius 1 is 0.971 bits per heavy atom. The number of aryl methyl sites for hydroxylation is 1. The maximum absolute atomic E-state index is 5.87. The molecule has 0 radical (unpaired) electrons. The van der Waals surface area contributed by atoms with Gasteiger partial charge in [-0.15, -0.1) is 5.10 Å². The largest absolute Gasteiger partial charge is 0.492 e. The fraction of sp³-hybridized carbons (Fsp3) is 0.407. The van der Waals surface area contributed by atoms with Gasteiger partial charge in [-0.2, -0.15) is 4.52 Å².